The molecule has 4 aromatic heterocycles. The van der Waals surface area contributed by atoms with E-state index < -0.39 is 0 Å². The third-order valence-electron chi connectivity index (χ3n) is 5.72. The molecule has 0 unspecified atom stereocenters. The van der Waals surface area contributed by atoms with Crippen molar-refractivity contribution in [2.24, 2.45) is 0 Å². The molecule has 1 aromatic carbocycles. The van der Waals surface area contributed by atoms with E-state index in [0.717, 1.165) is 21.8 Å². The topological polar surface area (TPSA) is 99.2 Å². The van der Waals surface area contributed by atoms with Gasteiger partial charge in [0, 0.05) is 18.2 Å². The van der Waals surface area contributed by atoms with Crippen molar-refractivity contribution in [2.75, 3.05) is 6.54 Å². The van der Waals surface area contributed by atoms with Gasteiger partial charge in [0.15, 0.2) is 11.3 Å². The number of benzene rings is 1. The van der Waals surface area contributed by atoms with Crippen LogP contribution in [-0.2, 0) is 13.0 Å². The SMILES string of the molecule is O=C(c1cc(-c2cccs2)[nH]n1)N1CCc2c(nc3cc(-c4ccccc4)[nH]n3c2=O)C1. The summed E-state index contributed by atoms with van der Waals surface area (Å²) in [6.45, 7) is 0.731. The number of nitrogens with zero attached hydrogens (tertiary/aromatic N) is 4. The van der Waals surface area contributed by atoms with Gasteiger partial charge in [0.1, 0.15) is 0 Å². The van der Waals surface area contributed by atoms with E-state index in [2.05, 4.69) is 15.3 Å². The third-order valence-corrected chi connectivity index (χ3v) is 6.63. The number of fused-ring (bicyclic) bond motifs is 2. The number of nitrogens with one attached hydrogen (secondary N) is 2. The molecule has 0 spiro atoms. The molecule has 5 aromatic rings. The lowest BCUT2D eigenvalue weighted by molar-refractivity contribution is 0.0725. The Balaban J connectivity index is 1.31. The number of hydrogen-bond acceptors (Lipinski definition) is 5. The summed E-state index contributed by atoms with van der Waals surface area (Å²) < 4.78 is 1.49. The molecule has 0 fully saturated rings. The second kappa shape index (κ2) is 7.31. The fourth-order valence-corrected chi connectivity index (χ4v) is 4.78. The first-order chi connectivity index (χ1) is 15.7. The summed E-state index contributed by atoms with van der Waals surface area (Å²) in [4.78, 5) is 33.6. The van der Waals surface area contributed by atoms with Crippen LogP contribution in [0.25, 0.3) is 27.5 Å². The molecule has 158 valence electrons. The molecule has 9 heteroatoms. The second-order valence-corrected chi connectivity index (χ2v) is 8.64. The summed E-state index contributed by atoms with van der Waals surface area (Å²) in [5.41, 5.74) is 4.70. The average Bonchev–Trinajstić information content (AvgIpc) is 3.59. The molecule has 1 amide bonds. The maximum Gasteiger partial charge on any atom is 0.276 e. The molecular formula is C23H18N6O2S. The van der Waals surface area contributed by atoms with Gasteiger partial charge in [-0.1, -0.05) is 36.4 Å². The number of carbonyl (C=O) groups is 1. The molecule has 8 nitrogen and oxygen atoms in total. The van der Waals surface area contributed by atoms with E-state index in [4.69, 9.17) is 4.98 Å². The molecular weight excluding hydrogens is 424 g/mol. The molecule has 1 aliphatic rings. The fraction of sp³-hybridized carbons (Fsp3) is 0.130. The predicted molar refractivity (Wildman–Crippen MR) is 122 cm³/mol. The quantitative estimate of drug-likeness (QED) is 0.448. The Kier molecular flexibility index (Phi) is 4.29. The van der Waals surface area contributed by atoms with Crippen LogP contribution in [-0.4, -0.2) is 42.1 Å². The molecule has 0 radical (unpaired) electrons. The zero-order valence-corrected chi connectivity index (χ0v) is 17.7. The highest BCUT2D eigenvalue weighted by atomic mass is 32.1. The monoisotopic (exact) mass is 442 g/mol. The predicted octanol–water partition coefficient (Wildman–Crippen LogP) is 3.34. The number of rotatable bonds is 3. The first kappa shape index (κ1) is 18.8. The highest BCUT2D eigenvalue weighted by molar-refractivity contribution is 7.13. The van der Waals surface area contributed by atoms with Crippen molar-refractivity contribution in [3.05, 3.63) is 87.3 Å². The number of H-pyrrole nitrogens is 2. The molecule has 0 bridgehead atoms. The smallest absolute Gasteiger partial charge is 0.276 e. The zero-order valence-electron chi connectivity index (χ0n) is 16.9. The van der Waals surface area contributed by atoms with Crippen molar-refractivity contribution in [3.63, 3.8) is 0 Å². The first-order valence-electron chi connectivity index (χ1n) is 10.2. The summed E-state index contributed by atoms with van der Waals surface area (Å²) in [7, 11) is 0. The maximum atomic E-state index is 13.1. The van der Waals surface area contributed by atoms with Crippen LogP contribution in [0.1, 0.15) is 21.7 Å². The van der Waals surface area contributed by atoms with Crippen LogP contribution in [0.5, 0.6) is 0 Å². The molecule has 6 rings (SSSR count). The minimum absolute atomic E-state index is 0.112. The molecule has 0 atom stereocenters. The Morgan fingerprint density at radius 2 is 1.94 bits per heavy atom. The number of thiophene rings is 1. The Bertz CT molecular complexity index is 1500. The lowest BCUT2D eigenvalue weighted by Crippen LogP contribution is -2.39. The Morgan fingerprint density at radius 3 is 2.75 bits per heavy atom. The molecule has 32 heavy (non-hydrogen) atoms. The van der Waals surface area contributed by atoms with Crippen molar-refractivity contribution in [1.29, 1.82) is 0 Å². The highest BCUT2D eigenvalue weighted by Gasteiger charge is 2.27. The van der Waals surface area contributed by atoms with Gasteiger partial charge in [0.05, 0.1) is 28.5 Å². The normalized spacial score (nSPS) is 13.4. The van der Waals surface area contributed by atoms with Crippen molar-refractivity contribution >= 4 is 22.9 Å². The van der Waals surface area contributed by atoms with Gasteiger partial charge < -0.3 is 4.90 Å². The van der Waals surface area contributed by atoms with Gasteiger partial charge in [-0.15, -0.1) is 11.3 Å². The number of aromatic amines is 2. The summed E-state index contributed by atoms with van der Waals surface area (Å²) in [6, 6.07) is 17.4. The van der Waals surface area contributed by atoms with E-state index in [1.165, 1.54) is 4.52 Å². The largest absolute Gasteiger partial charge is 0.331 e. The van der Waals surface area contributed by atoms with Crippen LogP contribution >= 0.6 is 11.3 Å². The van der Waals surface area contributed by atoms with Gasteiger partial charge in [-0.3, -0.25) is 19.8 Å². The van der Waals surface area contributed by atoms with Crippen molar-refractivity contribution in [2.45, 2.75) is 13.0 Å². The summed E-state index contributed by atoms with van der Waals surface area (Å²) in [5.74, 6) is -0.171. The van der Waals surface area contributed by atoms with Gasteiger partial charge in [-0.25, -0.2) is 9.50 Å². The number of aromatic nitrogens is 5. The zero-order chi connectivity index (χ0) is 21.7. The van der Waals surface area contributed by atoms with E-state index in [-0.39, 0.29) is 18.0 Å². The van der Waals surface area contributed by atoms with Crippen molar-refractivity contribution in [3.8, 4) is 21.8 Å². The standard InChI is InChI=1S/C23H18N6O2S/c30-22-15-8-9-28(23(31)18-11-17(25-26-18)20-7-4-10-32-20)13-19(15)24-21-12-16(27-29(21)22)14-5-2-1-3-6-14/h1-7,10-12,27H,8-9,13H2,(H,25,26). The van der Waals surface area contributed by atoms with Crippen LogP contribution < -0.4 is 5.56 Å². The van der Waals surface area contributed by atoms with Crippen molar-refractivity contribution < 1.29 is 4.79 Å². The van der Waals surface area contributed by atoms with Crippen LogP contribution in [0.15, 0.2) is 64.8 Å². The van der Waals surface area contributed by atoms with E-state index in [1.54, 1.807) is 22.3 Å². The minimum Gasteiger partial charge on any atom is -0.331 e. The molecule has 2 N–H and O–H groups in total. The van der Waals surface area contributed by atoms with E-state index in [9.17, 15) is 9.59 Å². The maximum absolute atomic E-state index is 13.1. The first-order valence-corrected chi connectivity index (χ1v) is 11.1. The molecule has 0 saturated heterocycles. The van der Waals surface area contributed by atoms with Crippen molar-refractivity contribution in [1.82, 2.24) is 29.7 Å². The number of carbonyl (C=O) groups excluding carboxylic acids is 1. The van der Waals surface area contributed by atoms with E-state index in [0.29, 0.717) is 35.6 Å². The Hall–Kier alpha value is -3.98. The van der Waals surface area contributed by atoms with E-state index in [1.807, 2.05) is 53.9 Å². The lowest BCUT2D eigenvalue weighted by Gasteiger charge is -2.27. The van der Waals surface area contributed by atoms with Crippen LogP contribution in [0.4, 0.5) is 0 Å². The molecule has 0 saturated carbocycles. The molecule has 5 heterocycles. The van der Waals surface area contributed by atoms with Gasteiger partial charge in [0.2, 0.25) is 0 Å². The lowest BCUT2D eigenvalue weighted by atomic mass is 10.1. The Labute approximate surface area is 186 Å². The van der Waals surface area contributed by atoms with Gasteiger partial charge in [-0.05, 0) is 29.5 Å². The van der Waals surface area contributed by atoms with Crippen LogP contribution in [0.3, 0.4) is 0 Å². The minimum atomic E-state index is -0.171. The van der Waals surface area contributed by atoms with E-state index >= 15 is 0 Å². The summed E-state index contributed by atoms with van der Waals surface area (Å²) in [6.07, 6.45) is 0.456. The molecule has 1 aliphatic heterocycles. The third kappa shape index (κ3) is 3.05. The summed E-state index contributed by atoms with van der Waals surface area (Å²) in [5, 5.41) is 12.3. The van der Waals surface area contributed by atoms with Gasteiger partial charge in [0.25, 0.3) is 11.5 Å². The number of hydrogen-bond donors (Lipinski definition) is 2. The molecule has 0 aliphatic carbocycles. The Morgan fingerprint density at radius 1 is 1.06 bits per heavy atom. The second-order valence-electron chi connectivity index (χ2n) is 7.69. The van der Waals surface area contributed by atoms with Crippen LogP contribution in [0.2, 0.25) is 0 Å². The number of amides is 1. The van der Waals surface area contributed by atoms with Gasteiger partial charge in [-0.2, -0.15) is 5.10 Å². The average molecular weight is 443 g/mol. The van der Waals surface area contributed by atoms with Gasteiger partial charge >= 0.3 is 0 Å². The highest BCUT2D eigenvalue weighted by Crippen LogP contribution is 2.25. The fourth-order valence-electron chi connectivity index (χ4n) is 4.08. The van der Waals surface area contributed by atoms with Crippen LogP contribution in [0, 0.1) is 0 Å². The summed E-state index contributed by atoms with van der Waals surface area (Å²) >= 11 is 1.58.